The summed E-state index contributed by atoms with van der Waals surface area (Å²) in [6.07, 6.45) is 0. The molecule has 0 spiro atoms. The van der Waals surface area contributed by atoms with Crippen LogP contribution in [-0.4, -0.2) is 14.5 Å². The average molecular weight is 817 g/mol. The monoisotopic (exact) mass is 816 g/mol. The van der Waals surface area contributed by atoms with E-state index >= 15 is 0 Å². The van der Waals surface area contributed by atoms with Gasteiger partial charge in [0, 0.05) is 50.1 Å². The van der Waals surface area contributed by atoms with Crippen molar-refractivity contribution in [2.45, 2.75) is 0 Å². The Balaban J connectivity index is 1.07. The number of rotatable bonds is 8. The molecule has 0 fully saturated rings. The van der Waals surface area contributed by atoms with Crippen LogP contribution < -0.4 is 4.90 Å². The van der Waals surface area contributed by atoms with Crippen molar-refractivity contribution in [3.05, 3.63) is 216 Å². The van der Waals surface area contributed by atoms with Crippen molar-refractivity contribution in [1.82, 2.24) is 14.5 Å². The van der Waals surface area contributed by atoms with Crippen LogP contribution in [0.4, 0.5) is 17.1 Å². The van der Waals surface area contributed by atoms with Crippen LogP contribution in [0.5, 0.6) is 0 Å². The van der Waals surface area contributed by atoms with Crippen LogP contribution >= 0.6 is 0 Å². The number of nitriles is 4. The van der Waals surface area contributed by atoms with E-state index in [1.807, 2.05) is 115 Å². The lowest BCUT2D eigenvalue weighted by Gasteiger charge is -2.25. The number of fused-ring (bicyclic) bond motifs is 3. The minimum Gasteiger partial charge on any atom is -0.310 e. The SMILES string of the molecule is N#Cc1cc(-n2c3ccccc3c3cc(N(c4ccccc4)c4ccccc4)ccc32)c(C#N)cc1-c1ccc(-c2cc(-c3ccccc3C#N)nc(-c3ccccc3C#N)n2)cc1. The van der Waals surface area contributed by atoms with Gasteiger partial charge in [-0.25, -0.2) is 9.97 Å². The molecular formula is C56H32N8. The van der Waals surface area contributed by atoms with Gasteiger partial charge in [0.25, 0.3) is 0 Å². The molecule has 0 radical (unpaired) electrons. The van der Waals surface area contributed by atoms with Crippen molar-refractivity contribution in [2.24, 2.45) is 0 Å². The first-order valence-corrected chi connectivity index (χ1v) is 20.5. The van der Waals surface area contributed by atoms with Crippen LogP contribution in [0.25, 0.3) is 72.5 Å². The van der Waals surface area contributed by atoms with Gasteiger partial charge < -0.3 is 9.47 Å². The average Bonchev–Trinajstić information content (AvgIpc) is 3.70. The molecule has 2 aromatic heterocycles. The second-order valence-electron chi connectivity index (χ2n) is 15.1. The van der Waals surface area contributed by atoms with Crippen molar-refractivity contribution in [2.75, 3.05) is 4.90 Å². The predicted molar refractivity (Wildman–Crippen MR) is 252 cm³/mol. The molecule has 0 bridgehead atoms. The van der Waals surface area contributed by atoms with Crippen LogP contribution in [0.3, 0.4) is 0 Å². The molecule has 64 heavy (non-hydrogen) atoms. The van der Waals surface area contributed by atoms with E-state index in [4.69, 9.17) is 9.97 Å². The quantitative estimate of drug-likeness (QED) is 0.149. The highest BCUT2D eigenvalue weighted by atomic mass is 15.1. The van der Waals surface area contributed by atoms with Gasteiger partial charge in [-0.15, -0.1) is 0 Å². The maximum Gasteiger partial charge on any atom is 0.161 e. The minimum absolute atomic E-state index is 0.355. The Labute approximate surface area is 369 Å². The normalized spacial score (nSPS) is 10.8. The van der Waals surface area contributed by atoms with Crippen molar-refractivity contribution in [3.8, 4) is 75.0 Å². The summed E-state index contributed by atoms with van der Waals surface area (Å²) in [6.45, 7) is 0. The molecule has 0 N–H and O–H groups in total. The Morgan fingerprint density at radius 1 is 0.375 bits per heavy atom. The molecule has 2 heterocycles. The molecule has 0 amide bonds. The highest BCUT2D eigenvalue weighted by Gasteiger charge is 2.21. The Kier molecular flexibility index (Phi) is 9.92. The largest absolute Gasteiger partial charge is 0.310 e. The fraction of sp³-hybridized carbons (Fsp3) is 0. The fourth-order valence-corrected chi connectivity index (χ4v) is 8.41. The highest BCUT2D eigenvalue weighted by Crippen LogP contribution is 2.41. The zero-order valence-corrected chi connectivity index (χ0v) is 34.1. The lowest BCUT2D eigenvalue weighted by molar-refractivity contribution is 1.16. The van der Waals surface area contributed by atoms with E-state index in [-0.39, 0.29) is 0 Å². The Morgan fingerprint density at radius 2 is 0.922 bits per heavy atom. The fourth-order valence-electron chi connectivity index (χ4n) is 8.41. The summed E-state index contributed by atoms with van der Waals surface area (Å²) in [6, 6.07) is 71.9. The van der Waals surface area contributed by atoms with Gasteiger partial charge in [0.2, 0.25) is 0 Å². The van der Waals surface area contributed by atoms with Crippen molar-refractivity contribution >= 4 is 38.9 Å². The zero-order valence-electron chi connectivity index (χ0n) is 34.1. The Morgan fingerprint density at radius 3 is 1.59 bits per heavy atom. The van der Waals surface area contributed by atoms with Gasteiger partial charge in [-0.05, 0) is 90.5 Å². The van der Waals surface area contributed by atoms with E-state index < -0.39 is 0 Å². The molecule has 0 saturated carbocycles. The van der Waals surface area contributed by atoms with Crippen LogP contribution in [-0.2, 0) is 0 Å². The zero-order chi connectivity index (χ0) is 43.6. The van der Waals surface area contributed by atoms with Gasteiger partial charge in [0.15, 0.2) is 5.82 Å². The molecule has 0 unspecified atom stereocenters. The number of aromatic nitrogens is 3. The number of benzene rings is 8. The Bertz CT molecular complexity index is 3490. The summed E-state index contributed by atoms with van der Waals surface area (Å²) in [5, 5.41) is 43.3. The first-order chi connectivity index (χ1) is 31.6. The van der Waals surface area contributed by atoms with Gasteiger partial charge in [-0.3, -0.25) is 0 Å². The third-order valence-corrected chi connectivity index (χ3v) is 11.4. The van der Waals surface area contributed by atoms with Gasteiger partial charge >= 0.3 is 0 Å². The van der Waals surface area contributed by atoms with Crippen molar-refractivity contribution in [1.29, 1.82) is 21.0 Å². The Hall–Kier alpha value is -9.60. The topological polar surface area (TPSA) is 129 Å². The van der Waals surface area contributed by atoms with Crippen LogP contribution in [0.15, 0.2) is 194 Å². The molecule has 8 aromatic carbocycles. The van der Waals surface area contributed by atoms with E-state index in [1.54, 1.807) is 30.3 Å². The van der Waals surface area contributed by atoms with Crippen LogP contribution in [0, 0.1) is 45.3 Å². The molecule has 0 aliphatic rings. The van der Waals surface area contributed by atoms with E-state index in [1.165, 1.54) is 0 Å². The predicted octanol–water partition coefficient (Wildman–Crippen LogP) is 13.2. The number of anilines is 3. The number of para-hydroxylation sites is 3. The smallest absolute Gasteiger partial charge is 0.161 e. The number of nitrogens with zero attached hydrogens (tertiary/aromatic N) is 8. The summed E-state index contributed by atoms with van der Waals surface area (Å²) < 4.78 is 2.08. The molecule has 10 rings (SSSR count). The number of hydrogen-bond acceptors (Lipinski definition) is 7. The lowest BCUT2D eigenvalue weighted by atomic mass is 9.95. The molecule has 0 atom stereocenters. The molecule has 8 nitrogen and oxygen atoms in total. The third-order valence-electron chi connectivity index (χ3n) is 11.4. The van der Waals surface area contributed by atoms with Crippen LogP contribution in [0.2, 0.25) is 0 Å². The standard InChI is InChI=1S/C56H32N8/c57-33-39-13-7-9-19-46(39)52-32-51(61-56(62-52)47-20-10-8-14-40(47)34-58)38-25-23-37(24-26-38)49-29-42(36-60)55(30-41(49)35-59)64-53-22-12-11-21-48(53)50-31-45(27-28-54(50)64)63(43-15-3-1-4-16-43)44-17-5-2-6-18-44/h1-32H. The summed E-state index contributed by atoms with van der Waals surface area (Å²) in [5.74, 6) is 0.355. The lowest BCUT2D eigenvalue weighted by Crippen LogP contribution is -2.09. The van der Waals surface area contributed by atoms with E-state index in [9.17, 15) is 21.0 Å². The molecule has 0 aliphatic heterocycles. The molecular weight excluding hydrogens is 785 g/mol. The van der Waals surface area contributed by atoms with Crippen LogP contribution in [0.1, 0.15) is 22.3 Å². The second kappa shape index (κ2) is 16.5. The maximum absolute atomic E-state index is 10.8. The first-order valence-electron chi connectivity index (χ1n) is 20.5. The second-order valence-corrected chi connectivity index (χ2v) is 15.1. The molecule has 8 heteroatoms. The number of hydrogen-bond donors (Lipinski definition) is 0. The van der Waals surface area contributed by atoms with Crippen molar-refractivity contribution < 1.29 is 0 Å². The van der Waals surface area contributed by atoms with E-state index in [0.717, 1.165) is 50.0 Å². The first kappa shape index (κ1) is 38.6. The maximum atomic E-state index is 10.8. The van der Waals surface area contributed by atoms with Gasteiger partial charge in [-0.2, -0.15) is 21.0 Å². The van der Waals surface area contributed by atoms with Gasteiger partial charge in [0.05, 0.1) is 68.6 Å². The summed E-state index contributed by atoms with van der Waals surface area (Å²) in [5.41, 5.74) is 11.7. The summed E-state index contributed by atoms with van der Waals surface area (Å²) in [4.78, 5) is 12.0. The molecule has 10 aromatic rings. The molecule has 0 saturated heterocycles. The van der Waals surface area contributed by atoms with E-state index in [2.05, 4.69) is 82.3 Å². The third kappa shape index (κ3) is 6.83. The molecule has 296 valence electrons. The van der Waals surface area contributed by atoms with Crippen molar-refractivity contribution in [3.63, 3.8) is 0 Å². The summed E-state index contributed by atoms with van der Waals surface area (Å²) >= 11 is 0. The minimum atomic E-state index is 0.355. The highest BCUT2D eigenvalue weighted by molar-refractivity contribution is 6.11. The van der Waals surface area contributed by atoms with E-state index in [0.29, 0.717) is 61.8 Å². The van der Waals surface area contributed by atoms with Gasteiger partial charge in [-0.1, -0.05) is 109 Å². The summed E-state index contributed by atoms with van der Waals surface area (Å²) in [7, 11) is 0. The van der Waals surface area contributed by atoms with Gasteiger partial charge in [0.1, 0.15) is 6.07 Å². The molecule has 0 aliphatic carbocycles.